The van der Waals surface area contributed by atoms with Gasteiger partial charge in [-0.15, -0.1) is 6.58 Å². The van der Waals surface area contributed by atoms with Crippen LogP contribution in [0.5, 0.6) is 0 Å². The number of cyclic esters (lactones) is 1. The van der Waals surface area contributed by atoms with E-state index in [4.69, 9.17) is 56.5 Å². The van der Waals surface area contributed by atoms with Crippen LogP contribution in [0.3, 0.4) is 0 Å². The maximum atomic E-state index is 14.3. The van der Waals surface area contributed by atoms with E-state index >= 15 is 0 Å². The van der Waals surface area contributed by atoms with Crippen molar-refractivity contribution in [2.24, 2.45) is 23.7 Å². The van der Waals surface area contributed by atoms with Crippen molar-refractivity contribution in [3.8, 4) is 0 Å². The van der Waals surface area contributed by atoms with Gasteiger partial charge in [0.2, 0.25) is 14.6 Å². The molecule has 16 atom stereocenters. The number of methoxy groups -OCH3 is 2. The lowest BCUT2D eigenvalue weighted by atomic mass is 9.79. The Morgan fingerprint density at radius 2 is 1.55 bits per heavy atom. The van der Waals surface area contributed by atoms with Crippen LogP contribution in [0.15, 0.2) is 48.5 Å². The Bertz CT molecular complexity index is 1780. The average molecular weight is 994 g/mol. The standard InChI is InChI=1S/C51H83NO16Si/c1-16-39-28-59-23-22-37-25-31(6)40(55)21-20-30(5)24-38(27-60-50-49(58-15)47(57-14)42(29-61-50)68-69(17-2,18-3)19-4)33(8)62-43(56)26-41(66-39)32(7)45(37)67-51-48(65-36(11)54)44(52(12)13)46(34(9)63-51)64-35(10)53/h16,20-21,24,29,31-34,37-39,41,44-51H,1,17-19,22-23,25-28H2,2-15H3/b21-20+,30-24+/t31-,32+,33-,34?,37+,38-,39?,41-,44?,45-,46-,47?,48?,49?,50-,51+/m1/s1. The molecule has 2 saturated heterocycles. The van der Waals surface area contributed by atoms with Gasteiger partial charge >= 0.3 is 17.9 Å². The second-order valence-corrected chi connectivity index (χ2v) is 23.9. The van der Waals surface area contributed by atoms with Crippen molar-refractivity contribution in [2.75, 3.05) is 48.1 Å². The van der Waals surface area contributed by atoms with Crippen molar-refractivity contribution in [1.29, 1.82) is 0 Å². The summed E-state index contributed by atoms with van der Waals surface area (Å²) in [6, 6.07) is 2.14. The van der Waals surface area contributed by atoms with Crippen molar-refractivity contribution >= 4 is 32.0 Å². The lowest BCUT2D eigenvalue weighted by Crippen LogP contribution is -2.65. The van der Waals surface area contributed by atoms with Gasteiger partial charge in [-0.3, -0.25) is 24.1 Å². The van der Waals surface area contributed by atoms with Crippen LogP contribution in [0.1, 0.15) is 88.5 Å². The van der Waals surface area contributed by atoms with Crippen LogP contribution in [-0.4, -0.2) is 159 Å². The molecule has 4 aliphatic rings. The molecule has 0 N–H and O–H groups in total. The lowest BCUT2D eigenvalue weighted by molar-refractivity contribution is -0.309. The molecule has 0 amide bonds. The number of rotatable bonds is 16. The number of hydrogen-bond acceptors (Lipinski definition) is 17. The third-order valence-electron chi connectivity index (χ3n) is 14.2. The monoisotopic (exact) mass is 994 g/mol. The van der Waals surface area contributed by atoms with Gasteiger partial charge in [0.05, 0.1) is 50.1 Å². The molecule has 2 bridgehead atoms. The molecule has 0 aromatic carbocycles. The summed E-state index contributed by atoms with van der Waals surface area (Å²) in [4.78, 5) is 55.3. The molecular weight excluding hydrogens is 911 g/mol. The van der Waals surface area contributed by atoms with E-state index in [-0.39, 0.29) is 31.3 Å². The van der Waals surface area contributed by atoms with E-state index in [0.717, 1.165) is 23.7 Å². The highest BCUT2D eigenvalue weighted by molar-refractivity contribution is 6.73. The van der Waals surface area contributed by atoms with Gasteiger partial charge < -0.3 is 56.5 Å². The summed E-state index contributed by atoms with van der Waals surface area (Å²) in [6.07, 6.45) is 0.382. The van der Waals surface area contributed by atoms with E-state index in [1.807, 2.05) is 31.7 Å². The number of likely N-dealkylation sites (N-methyl/N-ethyl adjacent to an activating group) is 1. The number of carbonyl (C=O) groups excluding carboxylic acids is 4. The quantitative estimate of drug-likeness (QED) is 0.0678. The molecule has 4 heterocycles. The summed E-state index contributed by atoms with van der Waals surface area (Å²) in [5, 5.41) is 0. The first-order chi connectivity index (χ1) is 32.7. The van der Waals surface area contributed by atoms with Crippen molar-refractivity contribution in [2.45, 2.75) is 180 Å². The number of nitrogens with zero attached hydrogens (tertiary/aromatic N) is 1. The molecule has 6 unspecified atom stereocenters. The zero-order valence-electron chi connectivity index (χ0n) is 43.7. The fourth-order valence-electron chi connectivity index (χ4n) is 9.86. The van der Waals surface area contributed by atoms with Crippen molar-refractivity contribution in [3.05, 3.63) is 48.5 Å². The largest absolute Gasteiger partial charge is 0.542 e. The van der Waals surface area contributed by atoms with E-state index in [2.05, 4.69) is 27.4 Å². The molecule has 392 valence electrons. The zero-order chi connectivity index (χ0) is 51.2. The SMILES string of the molecule is C=CC1COCC[C@H]2C[C@@H](C)C(=O)/C=C/C(C)=C/[C@H](CO[C@@H]3OC=C(O[Si](CC)(CC)CC)C(OC)C3OC)[C@@H](C)OC(=O)C[C@@H](O1)[C@H](C)[C@H]2O[C@@H]1OC(C)[C@@H](OC(C)=O)C(N(C)C)C1OC(C)=O. The Morgan fingerprint density at radius 3 is 2.14 bits per heavy atom. The summed E-state index contributed by atoms with van der Waals surface area (Å²) < 4.78 is 75.5. The van der Waals surface area contributed by atoms with Gasteiger partial charge in [0.1, 0.15) is 30.3 Å². The molecule has 0 aliphatic carbocycles. The van der Waals surface area contributed by atoms with Crippen molar-refractivity contribution in [1.82, 2.24) is 4.90 Å². The smallest absolute Gasteiger partial charge is 0.308 e. The summed E-state index contributed by atoms with van der Waals surface area (Å²) in [7, 11) is 4.68. The van der Waals surface area contributed by atoms with E-state index in [1.54, 1.807) is 66.7 Å². The van der Waals surface area contributed by atoms with Crippen LogP contribution in [0.2, 0.25) is 18.1 Å². The number of allylic oxidation sites excluding steroid dienone is 3. The second-order valence-electron chi connectivity index (χ2n) is 19.3. The zero-order valence-corrected chi connectivity index (χ0v) is 44.7. The van der Waals surface area contributed by atoms with Gasteiger partial charge in [0.15, 0.2) is 24.3 Å². The number of ketones is 1. The normalized spacial score (nSPS) is 36.7. The molecule has 18 heteroatoms. The number of esters is 3. The minimum absolute atomic E-state index is 0.0475. The van der Waals surface area contributed by atoms with Gasteiger partial charge in [0.25, 0.3) is 0 Å². The molecule has 0 aromatic rings. The summed E-state index contributed by atoms with van der Waals surface area (Å²) in [5.41, 5.74) is 0.754. The summed E-state index contributed by atoms with van der Waals surface area (Å²) >= 11 is 0. The minimum atomic E-state index is -2.08. The first kappa shape index (κ1) is 58.1. The molecule has 0 radical (unpaired) electrons. The Hall–Kier alpha value is -3.46. The summed E-state index contributed by atoms with van der Waals surface area (Å²) in [6.45, 7) is 22.8. The van der Waals surface area contributed by atoms with Gasteiger partial charge in [-0.2, -0.15) is 0 Å². The maximum Gasteiger partial charge on any atom is 0.308 e. The molecule has 17 nitrogen and oxygen atoms in total. The molecule has 69 heavy (non-hydrogen) atoms. The number of carbonyl (C=O) groups is 4. The van der Waals surface area contributed by atoms with E-state index in [9.17, 15) is 19.2 Å². The lowest BCUT2D eigenvalue weighted by Gasteiger charge is -2.49. The van der Waals surface area contributed by atoms with Gasteiger partial charge in [-0.25, -0.2) is 0 Å². The topological polar surface area (TPSA) is 182 Å². The van der Waals surface area contributed by atoms with E-state index in [1.165, 1.54) is 13.8 Å². The van der Waals surface area contributed by atoms with E-state index < -0.39 is 118 Å². The van der Waals surface area contributed by atoms with Crippen LogP contribution in [0, 0.1) is 23.7 Å². The van der Waals surface area contributed by atoms with Crippen LogP contribution in [-0.2, 0) is 75.7 Å². The fourth-order valence-corrected chi connectivity index (χ4v) is 12.5. The molecular formula is C51H83NO16Si. The minimum Gasteiger partial charge on any atom is -0.542 e. The molecule has 4 rings (SSSR count). The summed E-state index contributed by atoms with van der Waals surface area (Å²) in [5.74, 6) is -3.03. The maximum absolute atomic E-state index is 14.3. The Morgan fingerprint density at radius 1 is 0.884 bits per heavy atom. The number of hydrogen-bond donors (Lipinski definition) is 0. The fraction of sp³-hybridized carbons (Fsp3) is 0.765. The first-order valence-electron chi connectivity index (χ1n) is 24.7. The number of ether oxygens (including phenoxy) is 11. The van der Waals surface area contributed by atoms with Crippen molar-refractivity contribution in [3.63, 3.8) is 0 Å². The highest BCUT2D eigenvalue weighted by Crippen LogP contribution is 2.38. The van der Waals surface area contributed by atoms with Crippen LogP contribution < -0.4 is 0 Å². The Labute approximate surface area is 411 Å². The Kier molecular flexibility index (Phi) is 23.1. The second kappa shape index (κ2) is 27.4. The van der Waals surface area contributed by atoms with Gasteiger partial charge in [-0.1, -0.05) is 58.4 Å². The number of fused-ring (bicyclic) bond motifs is 3. The van der Waals surface area contributed by atoms with E-state index in [0.29, 0.717) is 25.2 Å². The average Bonchev–Trinajstić information content (AvgIpc) is 3.30. The first-order valence-corrected chi connectivity index (χ1v) is 27.3. The van der Waals surface area contributed by atoms with Gasteiger partial charge in [0, 0.05) is 52.4 Å². The van der Waals surface area contributed by atoms with Crippen LogP contribution >= 0.6 is 0 Å². The highest BCUT2D eigenvalue weighted by atomic mass is 28.4. The Balaban J connectivity index is 1.73. The van der Waals surface area contributed by atoms with Crippen LogP contribution in [0.25, 0.3) is 0 Å². The molecule has 0 spiro atoms. The highest BCUT2D eigenvalue weighted by Gasteiger charge is 2.52. The molecule has 0 saturated carbocycles. The third kappa shape index (κ3) is 15.8. The molecule has 2 fully saturated rings. The predicted octanol–water partition coefficient (Wildman–Crippen LogP) is 6.84. The predicted molar refractivity (Wildman–Crippen MR) is 259 cm³/mol. The van der Waals surface area contributed by atoms with Crippen LogP contribution in [0.4, 0.5) is 0 Å². The van der Waals surface area contributed by atoms with Crippen molar-refractivity contribution < 1.29 is 75.7 Å². The third-order valence-corrected chi connectivity index (χ3v) is 18.7. The molecule has 4 aliphatic heterocycles. The van der Waals surface area contributed by atoms with Gasteiger partial charge in [-0.05, 0) is 77.8 Å². The molecule has 0 aromatic heterocycles.